The average molecular weight is 284 g/mol. The van der Waals surface area contributed by atoms with Crippen LogP contribution in [0.3, 0.4) is 0 Å². The summed E-state index contributed by atoms with van der Waals surface area (Å²) >= 11 is 0. The van der Waals surface area contributed by atoms with Crippen molar-refractivity contribution in [3.63, 3.8) is 0 Å². The number of piperazine rings is 1. The summed E-state index contributed by atoms with van der Waals surface area (Å²) in [6, 6.07) is 0.145. The van der Waals surface area contributed by atoms with Gasteiger partial charge in [0.05, 0.1) is 5.92 Å². The number of amides is 1. The molecule has 2 aliphatic heterocycles. The van der Waals surface area contributed by atoms with Crippen molar-refractivity contribution in [2.75, 3.05) is 26.2 Å². The predicted molar refractivity (Wildman–Crippen MR) is 73.5 cm³/mol. The number of piperidine rings is 1. The van der Waals surface area contributed by atoms with Crippen molar-refractivity contribution in [1.29, 1.82) is 0 Å². The second-order valence-electron chi connectivity index (χ2n) is 6.68. The second-order valence-corrected chi connectivity index (χ2v) is 6.68. The minimum Gasteiger partial charge on any atom is -0.481 e. The third-order valence-corrected chi connectivity index (χ3v) is 3.93. The molecule has 2 heterocycles. The van der Waals surface area contributed by atoms with Gasteiger partial charge in [-0.1, -0.05) is 0 Å². The van der Waals surface area contributed by atoms with E-state index in [0.717, 1.165) is 13.1 Å². The van der Waals surface area contributed by atoms with Crippen LogP contribution < -0.4 is 0 Å². The van der Waals surface area contributed by atoms with Crippen molar-refractivity contribution in [1.82, 2.24) is 9.80 Å². The van der Waals surface area contributed by atoms with Crippen molar-refractivity contribution >= 4 is 12.1 Å². The molecule has 0 aromatic rings. The van der Waals surface area contributed by atoms with Gasteiger partial charge in [-0.25, -0.2) is 4.79 Å². The first kappa shape index (κ1) is 15.1. The number of fused-ring (bicyclic) bond motifs is 1. The molecule has 2 rings (SSSR count). The Morgan fingerprint density at radius 2 is 1.90 bits per heavy atom. The SMILES string of the molecule is CC(C)(C)OC(=O)N1CCN2CCC(C(=O)O)CC2C1. The number of carbonyl (C=O) groups excluding carboxylic acids is 1. The van der Waals surface area contributed by atoms with E-state index in [9.17, 15) is 9.59 Å². The lowest BCUT2D eigenvalue weighted by Gasteiger charge is -2.45. The van der Waals surface area contributed by atoms with Gasteiger partial charge in [0, 0.05) is 25.7 Å². The van der Waals surface area contributed by atoms with Gasteiger partial charge in [0.1, 0.15) is 5.60 Å². The van der Waals surface area contributed by atoms with Crippen LogP contribution in [0.4, 0.5) is 4.79 Å². The Hall–Kier alpha value is -1.30. The van der Waals surface area contributed by atoms with Crippen molar-refractivity contribution in [3.05, 3.63) is 0 Å². The van der Waals surface area contributed by atoms with Gasteiger partial charge < -0.3 is 14.7 Å². The number of carboxylic acid groups (broad SMARTS) is 1. The van der Waals surface area contributed by atoms with Gasteiger partial charge >= 0.3 is 12.1 Å². The van der Waals surface area contributed by atoms with Gasteiger partial charge in [-0.05, 0) is 40.2 Å². The predicted octanol–water partition coefficient (Wildman–Crippen LogP) is 1.40. The molecule has 0 aromatic heterocycles. The Labute approximate surface area is 119 Å². The smallest absolute Gasteiger partial charge is 0.410 e. The Morgan fingerprint density at radius 1 is 1.20 bits per heavy atom. The summed E-state index contributed by atoms with van der Waals surface area (Å²) < 4.78 is 5.38. The normalized spacial score (nSPS) is 27.9. The van der Waals surface area contributed by atoms with E-state index in [0.29, 0.717) is 25.9 Å². The molecule has 0 radical (unpaired) electrons. The molecule has 2 saturated heterocycles. The third kappa shape index (κ3) is 3.62. The fourth-order valence-electron chi connectivity index (χ4n) is 2.90. The van der Waals surface area contributed by atoms with E-state index in [4.69, 9.17) is 9.84 Å². The van der Waals surface area contributed by atoms with Gasteiger partial charge in [0.2, 0.25) is 0 Å². The van der Waals surface area contributed by atoms with Crippen LogP contribution in [0.2, 0.25) is 0 Å². The van der Waals surface area contributed by atoms with E-state index in [1.165, 1.54) is 0 Å². The molecule has 6 nitrogen and oxygen atoms in total. The summed E-state index contributed by atoms with van der Waals surface area (Å²) in [5, 5.41) is 9.13. The molecule has 0 spiro atoms. The average Bonchev–Trinajstić information content (AvgIpc) is 2.35. The van der Waals surface area contributed by atoms with Crippen molar-refractivity contribution in [2.24, 2.45) is 5.92 Å². The molecule has 2 aliphatic rings. The highest BCUT2D eigenvalue weighted by molar-refractivity contribution is 5.70. The van der Waals surface area contributed by atoms with Crippen LogP contribution in [0.25, 0.3) is 0 Å². The molecule has 0 bridgehead atoms. The maximum Gasteiger partial charge on any atom is 0.410 e. The number of hydrogen-bond acceptors (Lipinski definition) is 4. The molecule has 2 atom stereocenters. The molecular weight excluding hydrogens is 260 g/mol. The minimum absolute atomic E-state index is 0.145. The number of ether oxygens (including phenoxy) is 1. The minimum atomic E-state index is -0.723. The van der Waals surface area contributed by atoms with Crippen LogP contribution in [0, 0.1) is 5.92 Å². The molecule has 2 fully saturated rings. The molecular formula is C14H24N2O4. The number of nitrogens with zero attached hydrogens (tertiary/aromatic N) is 2. The maximum atomic E-state index is 12.1. The fourth-order valence-corrected chi connectivity index (χ4v) is 2.90. The molecule has 1 N–H and O–H groups in total. The Balaban J connectivity index is 1.94. The topological polar surface area (TPSA) is 70.1 Å². The lowest BCUT2D eigenvalue weighted by Crippen LogP contribution is -2.58. The van der Waals surface area contributed by atoms with E-state index >= 15 is 0 Å². The van der Waals surface area contributed by atoms with Crippen molar-refractivity contribution in [2.45, 2.75) is 45.3 Å². The summed E-state index contributed by atoms with van der Waals surface area (Å²) in [4.78, 5) is 27.2. The Kier molecular flexibility index (Phi) is 4.22. The van der Waals surface area contributed by atoms with E-state index in [1.54, 1.807) is 4.90 Å². The van der Waals surface area contributed by atoms with Gasteiger partial charge in [-0.3, -0.25) is 9.69 Å². The summed E-state index contributed by atoms with van der Waals surface area (Å²) in [5.74, 6) is -1.01. The number of aliphatic carboxylic acids is 1. The number of hydrogen-bond donors (Lipinski definition) is 1. The second kappa shape index (κ2) is 5.60. The zero-order valence-corrected chi connectivity index (χ0v) is 12.5. The number of rotatable bonds is 1. The van der Waals surface area contributed by atoms with E-state index in [2.05, 4.69) is 4.90 Å². The molecule has 0 aromatic carbocycles. The van der Waals surface area contributed by atoms with Gasteiger partial charge in [-0.15, -0.1) is 0 Å². The highest BCUT2D eigenvalue weighted by Crippen LogP contribution is 2.26. The summed E-state index contributed by atoms with van der Waals surface area (Å²) in [5.41, 5.74) is -0.496. The molecule has 2 unspecified atom stereocenters. The van der Waals surface area contributed by atoms with Gasteiger partial charge in [0.25, 0.3) is 0 Å². The highest BCUT2D eigenvalue weighted by Gasteiger charge is 2.37. The van der Waals surface area contributed by atoms with Crippen molar-refractivity contribution < 1.29 is 19.4 Å². The Bertz CT molecular complexity index is 391. The van der Waals surface area contributed by atoms with Crippen LogP contribution in [0.15, 0.2) is 0 Å². The first-order valence-corrected chi connectivity index (χ1v) is 7.21. The molecule has 114 valence electrons. The van der Waals surface area contributed by atoms with E-state index < -0.39 is 11.6 Å². The fraction of sp³-hybridized carbons (Fsp3) is 0.857. The van der Waals surface area contributed by atoms with E-state index in [1.807, 2.05) is 20.8 Å². The van der Waals surface area contributed by atoms with Crippen LogP contribution in [0.5, 0.6) is 0 Å². The van der Waals surface area contributed by atoms with Crippen molar-refractivity contribution in [3.8, 4) is 0 Å². The van der Waals surface area contributed by atoms with Crippen LogP contribution in [-0.2, 0) is 9.53 Å². The van der Waals surface area contributed by atoms with E-state index in [-0.39, 0.29) is 18.1 Å². The zero-order valence-electron chi connectivity index (χ0n) is 12.5. The van der Waals surface area contributed by atoms with Crippen LogP contribution in [-0.4, -0.2) is 64.8 Å². The number of carbonyl (C=O) groups is 2. The zero-order chi connectivity index (χ0) is 14.9. The summed E-state index contributed by atoms with van der Waals surface area (Å²) in [6.45, 7) is 8.38. The van der Waals surface area contributed by atoms with Crippen LogP contribution >= 0.6 is 0 Å². The van der Waals surface area contributed by atoms with Gasteiger partial charge in [0.15, 0.2) is 0 Å². The monoisotopic (exact) mass is 284 g/mol. The standard InChI is InChI=1S/C14H24N2O4/c1-14(2,3)20-13(19)16-7-6-15-5-4-10(12(17)18)8-11(15)9-16/h10-11H,4-9H2,1-3H3,(H,17,18). The lowest BCUT2D eigenvalue weighted by atomic mass is 9.89. The molecule has 0 aliphatic carbocycles. The molecule has 0 saturated carbocycles. The molecule has 20 heavy (non-hydrogen) atoms. The molecule has 6 heteroatoms. The largest absolute Gasteiger partial charge is 0.481 e. The lowest BCUT2D eigenvalue weighted by molar-refractivity contribution is -0.144. The first-order valence-electron chi connectivity index (χ1n) is 7.21. The third-order valence-electron chi connectivity index (χ3n) is 3.93. The maximum absolute atomic E-state index is 12.1. The Morgan fingerprint density at radius 3 is 2.50 bits per heavy atom. The first-order chi connectivity index (χ1) is 9.26. The summed E-state index contributed by atoms with van der Waals surface area (Å²) in [7, 11) is 0. The number of carboxylic acids is 1. The highest BCUT2D eigenvalue weighted by atomic mass is 16.6. The summed E-state index contributed by atoms with van der Waals surface area (Å²) in [6.07, 6.45) is 1.03. The van der Waals surface area contributed by atoms with Crippen LogP contribution in [0.1, 0.15) is 33.6 Å². The van der Waals surface area contributed by atoms with Gasteiger partial charge in [-0.2, -0.15) is 0 Å². The quantitative estimate of drug-likeness (QED) is 0.788. The molecule has 1 amide bonds.